The number of ketones is 1. The minimum absolute atomic E-state index is 0.145. The molecule has 0 aliphatic rings. The number of alkyl halides is 1. The third-order valence-corrected chi connectivity index (χ3v) is 3.90. The molecule has 0 spiro atoms. The molecule has 2 heteroatoms. The first-order chi connectivity index (χ1) is 7.23. The highest BCUT2D eigenvalue weighted by Gasteiger charge is 2.18. The van der Waals surface area contributed by atoms with Crippen molar-refractivity contribution >= 4 is 21.7 Å². The summed E-state index contributed by atoms with van der Waals surface area (Å²) in [6.07, 6.45) is 0. The Balaban J connectivity index is 3.15. The summed E-state index contributed by atoms with van der Waals surface area (Å²) in [6, 6.07) is 6.34. The van der Waals surface area contributed by atoms with Crippen molar-refractivity contribution in [2.45, 2.75) is 44.9 Å². The van der Waals surface area contributed by atoms with Crippen molar-refractivity contribution in [1.82, 2.24) is 0 Å². The predicted octanol–water partition coefficient (Wildman–Crippen LogP) is 4.32. The number of benzene rings is 1. The Labute approximate surface area is 106 Å². The van der Waals surface area contributed by atoms with E-state index in [1.807, 2.05) is 0 Å². The summed E-state index contributed by atoms with van der Waals surface area (Å²) in [6.45, 7) is 10.2. The lowest BCUT2D eigenvalue weighted by Crippen LogP contribution is -2.12. The van der Waals surface area contributed by atoms with E-state index in [-0.39, 0.29) is 16.0 Å². The van der Waals surface area contributed by atoms with E-state index in [0.717, 1.165) is 5.56 Å². The Morgan fingerprint density at radius 1 is 1.31 bits per heavy atom. The zero-order valence-electron chi connectivity index (χ0n) is 10.6. The molecule has 1 atom stereocenters. The van der Waals surface area contributed by atoms with Gasteiger partial charge >= 0.3 is 0 Å². The van der Waals surface area contributed by atoms with Gasteiger partial charge in [0.25, 0.3) is 0 Å². The van der Waals surface area contributed by atoms with Gasteiger partial charge in [0.05, 0.1) is 4.83 Å². The normalized spacial score (nSPS) is 13.6. The average Bonchev–Trinajstić information content (AvgIpc) is 2.15. The number of hydrogen-bond donors (Lipinski definition) is 0. The van der Waals surface area contributed by atoms with Crippen molar-refractivity contribution in [3.05, 3.63) is 34.9 Å². The highest BCUT2D eigenvalue weighted by atomic mass is 79.9. The topological polar surface area (TPSA) is 17.1 Å². The van der Waals surface area contributed by atoms with E-state index in [1.54, 1.807) is 6.92 Å². The van der Waals surface area contributed by atoms with E-state index >= 15 is 0 Å². The first-order valence-electron chi connectivity index (χ1n) is 5.49. The summed E-state index contributed by atoms with van der Waals surface area (Å²) < 4.78 is 0. The summed E-state index contributed by atoms with van der Waals surface area (Å²) in [5.74, 6) is 0.145. The fraction of sp³-hybridized carbons (Fsp3) is 0.500. The molecule has 16 heavy (non-hydrogen) atoms. The van der Waals surface area contributed by atoms with Gasteiger partial charge < -0.3 is 0 Å². The molecule has 0 N–H and O–H groups in total. The van der Waals surface area contributed by atoms with Crippen LogP contribution in [0.2, 0.25) is 0 Å². The molecule has 1 aromatic rings. The highest BCUT2D eigenvalue weighted by molar-refractivity contribution is 9.09. The first-order valence-corrected chi connectivity index (χ1v) is 6.40. The lowest BCUT2D eigenvalue weighted by Gasteiger charge is -2.21. The fourth-order valence-corrected chi connectivity index (χ4v) is 2.16. The van der Waals surface area contributed by atoms with Crippen LogP contribution in [-0.2, 0) is 10.2 Å². The zero-order chi connectivity index (χ0) is 12.5. The summed E-state index contributed by atoms with van der Waals surface area (Å²) in [5.41, 5.74) is 3.70. The van der Waals surface area contributed by atoms with Gasteiger partial charge in [-0.15, -0.1) is 0 Å². The van der Waals surface area contributed by atoms with E-state index < -0.39 is 0 Å². The maximum Gasteiger partial charge on any atom is 0.147 e. The maximum atomic E-state index is 11.3. The van der Waals surface area contributed by atoms with Crippen LogP contribution in [0.15, 0.2) is 18.2 Å². The van der Waals surface area contributed by atoms with Crippen LogP contribution in [0.4, 0.5) is 0 Å². The molecule has 0 heterocycles. The van der Waals surface area contributed by atoms with E-state index in [4.69, 9.17) is 0 Å². The van der Waals surface area contributed by atoms with Gasteiger partial charge in [-0.25, -0.2) is 0 Å². The van der Waals surface area contributed by atoms with E-state index in [0.29, 0.717) is 0 Å². The molecule has 0 bridgehead atoms. The minimum Gasteiger partial charge on any atom is -0.298 e. The molecule has 0 fully saturated rings. The van der Waals surface area contributed by atoms with Gasteiger partial charge in [-0.05, 0) is 36.0 Å². The van der Waals surface area contributed by atoms with Gasteiger partial charge in [0.2, 0.25) is 0 Å². The Morgan fingerprint density at radius 2 is 1.88 bits per heavy atom. The molecule has 0 aromatic heterocycles. The van der Waals surface area contributed by atoms with Crippen molar-refractivity contribution in [3.8, 4) is 0 Å². The number of halogens is 1. The molecule has 1 unspecified atom stereocenters. The smallest absolute Gasteiger partial charge is 0.147 e. The molecule has 88 valence electrons. The average molecular weight is 283 g/mol. The van der Waals surface area contributed by atoms with E-state index in [9.17, 15) is 4.79 Å². The van der Waals surface area contributed by atoms with Gasteiger partial charge in [-0.1, -0.05) is 54.9 Å². The van der Waals surface area contributed by atoms with Crippen molar-refractivity contribution < 1.29 is 4.79 Å². The zero-order valence-corrected chi connectivity index (χ0v) is 12.2. The van der Waals surface area contributed by atoms with Gasteiger partial charge in [0, 0.05) is 0 Å². The fourth-order valence-electron chi connectivity index (χ4n) is 1.65. The summed E-state index contributed by atoms with van der Waals surface area (Å²) in [5, 5.41) is 0. The van der Waals surface area contributed by atoms with E-state index in [2.05, 4.69) is 61.8 Å². The van der Waals surface area contributed by atoms with Crippen molar-refractivity contribution in [2.75, 3.05) is 0 Å². The maximum absolute atomic E-state index is 11.3. The summed E-state index contributed by atoms with van der Waals surface area (Å²) >= 11 is 3.43. The molecule has 0 aliphatic carbocycles. The molecule has 1 rings (SSSR count). The number of rotatable bonds is 2. The van der Waals surface area contributed by atoms with Crippen LogP contribution in [0.3, 0.4) is 0 Å². The first kappa shape index (κ1) is 13.4. The molecular formula is C14H19BrO. The lowest BCUT2D eigenvalue weighted by atomic mass is 9.85. The van der Waals surface area contributed by atoms with Crippen LogP contribution >= 0.6 is 15.9 Å². The Bertz CT molecular complexity index is 402. The van der Waals surface area contributed by atoms with Crippen LogP contribution in [0, 0.1) is 6.92 Å². The van der Waals surface area contributed by atoms with Gasteiger partial charge in [0.15, 0.2) is 0 Å². The Hall–Kier alpha value is -0.630. The molecular weight excluding hydrogens is 264 g/mol. The van der Waals surface area contributed by atoms with E-state index in [1.165, 1.54) is 11.1 Å². The minimum atomic E-state index is -0.179. The Morgan fingerprint density at radius 3 is 2.25 bits per heavy atom. The molecule has 1 nitrogen and oxygen atoms in total. The number of hydrogen-bond acceptors (Lipinski definition) is 1. The van der Waals surface area contributed by atoms with Crippen LogP contribution in [0.25, 0.3) is 0 Å². The van der Waals surface area contributed by atoms with Crippen LogP contribution in [0.5, 0.6) is 0 Å². The third kappa shape index (κ3) is 2.94. The number of aryl methyl sites for hydroxylation is 1. The van der Waals surface area contributed by atoms with Crippen LogP contribution in [0.1, 0.15) is 49.2 Å². The van der Waals surface area contributed by atoms with Gasteiger partial charge in [-0.3, -0.25) is 4.79 Å². The largest absolute Gasteiger partial charge is 0.298 e. The van der Waals surface area contributed by atoms with Crippen molar-refractivity contribution in [1.29, 1.82) is 0 Å². The van der Waals surface area contributed by atoms with Crippen LogP contribution < -0.4 is 0 Å². The monoisotopic (exact) mass is 282 g/mol. The van der Waals surface area contributed by atoms with Crippen LogP contribution in [-0.4, -0.2) is 5.78 Å². The molecule has 0 aliphatic heterocycles. The second-order valence-electron chi connectivity index (χ2n) is 5.29. The number of Topliss-reactive ketones (excluding diaryl/α,β-unsaturated/α-hetero) is 1. The number of carbonyl (C=O) groups is 1. The predicted molar refractivity (Wildman–Crippen MR) is 72.2 cm³/mol. The lowest BCUT2D eigenvalue weighted by molar-refractivity contribution is -0.116. The van der Waals surface area contributed by atoms with Gasteiger partial charge in [-0.2, -0.15) is 0 Å². The van der Waals surface area contributed by atoms with Crippen molar-refractivity contribution in [2.24, 2.45) is 0 Å². The second-order valence-corrected chi connectivity index (χ2v) is 6.21. The molecule has 1 aromatic carbocycles. The summed E-state index contributed by atoms with van der Waals surface area (Å²) in [4.78, 5) is 11.2. The molecule has 0 saturated heterocycles. The Kier molecular flexibility index (Phi) is 3.95. The SMILES string of the molecule is CC(=O)C(Br)c1ccc(C(C)(C)C)cc1C. The van der Waals surface area contributed by atoms with Gasteiger partial charge in [0.1, 0.15) is 5.78 Å². The molecule has 0 saturated carbocycles. The molecule has 0 radical (unpaired) electrons. The summed E-state index contributed by atoms with van der Waals surface area (Å²) in [7, 11) is 0. The number of carbonyl (C=O) groups excluding carboxylic acids is 1. The molecule has 0 amide bonds. The third-order valence-electron chi connectivity index (χ3n) is 2.77. The highest BCUT2D eigenvalue weighted by Crippen LogP contribution is 2.30. The quantitative estimate of drug-likeness (QED) is 0.739. The van der Waals surface area contributed by atoms with Crippen molar-refractivity contribution in [3.63, 3.8) is 0 Å². The standard InChI is InChI=1S/C14H19BrO/c1-9-8-11(14(3,4)5)6-7-12(9)13(15)10(2)16/h6-8,13H,1-5H3. The second kappa shape index (κ2) is 4.70.